The Morgan fingerprint density at radius 3 is 2.23 bits per heavy atom. The standard InChI is InChI=1S/C10H14NO2/c1-10(2,13-3)11(12)9-7-5-4-6-8-9/h4-8H,1-3H3/q-1. The molecular formula is C10H14NO2-. The molecule has 1 rings (SSSR count). The molecule has 0 aromatic heterocycles. The summed E-state index contributed by atoms with van der Waals surface area (Å²) >= 11 is 0. The smallest absolute Gasteiger partial charge is 0.125 e. The molecule has 0 saturated carbocycles. The first-order valence-electron chi connectivity index (χ1n) is 4.15. The summed E-state index contributed by atoms with van der Waals surface area (Å²) in [5.41, 5.74) is -0.212. The molecule has 0 heterocycles. The molecule has 0 atom stereocenters. The van der Waals surface area contributed by atoms with Crippen LogP contribution in [-0.4, -0.2) is 12.8 Å². The summed E-state index contributed by atoms with van der Waals surface area (Å²) in [6.45, 7) is 3.46. The van der Waals surface area contributed by atoms with E-state index in [-0.39, 0.29) is 0 Å². The zero-order valence-corrected chi connectivity index (χ0v) is 8.15. The van der Waals surface area contributed by atoms with E-state index in [1.165, 1.54) is 7.11 Å². The van der Waals surface area contributed by atoms with E-state index in [4.69, 9.17) is 4.74 Å². The van der Waals surface area contributed by atoms with E-state index in [1.807, 2.05) is 18.2 Å². The van der Waals surface area contributed by atoms with Gasteiger partial charge < -0.3 is 15.0 Å². The van der Waals surface area contributed by atoms with E-state index in [9.17, 15) is 5.21 Å². The van der Waals surface area contributed by atoms with Gasteiger partial charge in [0.15, 0.2) is 0 Å². The predicted molar refractivity (Wildman–Crippen MR) is 53.4 cm³/mol. The number of hydroxylamine groups is 1. The zero-order chi connectivity index (χ0) is 9.90. The quantitative estimate of drug-likeness (QED) is 0.529. The van der Waals surface area contributed by atoms with Crippen molar-refractivity contribution < 1.29 is 4.74 Å². The van der Waals surface area contributed by atoms with Crippen LogP contribution in [0.25, 0.3) is 0 Å². The predicted octanol–water partition coefficient (Wildman–Crippen LogP) is 2.37. The van der Waals surface area contributed by atoms with Crippen molar-refractivity contribution >= 4 is 5.69 Å². The Hall–Kier alpha value is -1.06. The Labute approximate surface area is 78.5 Å². The molecular weight excluding hydrogens is 166 g/mol. The fourth-order valence-corrected chi connectivity index (χ4v) is 0.957. The van der Waals surface area contributed by atoms with Crippen molar-refractivity contribution in [2.24, 2.45) is 0 Å². The van der Waals surface area contributed by atoms with Crippen LogP contribution in [0, 0.1) is 5.21 Å². The molecule has 0 spiro atoms. The summed E-state index contributed by atoms with van der Waals surface area (Å²) in [7, 11) is 1.52. The minimum Gasteiger partial charge on any atom is -0.756 e. The van der Waals surface area contributed by atoms with Gasteiger partial charge in [-0.2, -0.15) is 0 Å². The van der Waals surface area contributed by atoms with Gasteiger partial charge in [-0.05, 0) is 26.0 Å². The van der Waals surface area contributed by atoms with E-state index in [0.29, 0.717) is 5.69 Å². The van der Waals surface area contributed by atoms with Crippen LogP contribution in [0.4, 0.5) is 5.69 Å². The number of ether oxygens (including phenoxy) is 1. The summed E-state index contributed by atoms with van der Waals surface area (Å²) in [5.74, 6) is 0. The average molecular weight is 180 g/mol. The van der Waals surface area contributed by atoms with E-state index in [2.05, 4.69) is 0 Å². The van der Waals surface area contributed by atoms with Gasteiger partial charge in [-0.15, -0.1) is 0 Å². The van der Waals surface area contributed by atoms with E-state index >= 15 is 0 Å². The second-order valence-corrected chi connectivity index (χ2v) is 3.28. The molecule has 3 nitrogen and oxygen atoms in total. The van der Waals surface area contributed by atoms with E-state index < -0.39 is 5.72 Å². The molecule has 13 heavy (non-hydrogen) atoms. The highest BCUT2D eigenvalue weighted by atomic mass is 16.6. The van der Waals surface area contributed by atoms with Crippen LogP contribution in [0.15, 0.2) is 30.3 Å². The normalized spacial score (nSPS) is 11.4. The van der Waals surface area contributed by atoms with Crippen molar-refractivity contribution in [3.05, 3.63) is 35.5 Å². The molecule has 0 aliphatic carbocycles. The van der Waals surface area contributed by atoms with Gasteiger partial charge in [0.05, 0.1) is 0 Å². The lowest BCUT2D eigenvalue weighted by Crippen LogP contribution is -2.41. The third-order valence-electron chi connectivity index (χ3n) is 1.98. The van der Waals surface area contributed by atoms with Crippen molar-refractivity contribution in [2.75, 3.05) is 12.2 Å². The van der Waals surface area contributed by atoms with Crippen molar-refractivity contribution in [1.82, 2.24) is 0 Å². The first-order chi connectivity index (χ1) is 6.08. The molecule has 0 fully saturated rings. The molecule has 0 bridgehead atoms. The second-order valence-electron chi connectivity index (χ2n) is 3.28. The largest absolute Gasteiger partial charge is 0.756 e. The molecule has 0 unspecified atom stereocenters. The summed E-state index contributed by atoms with van der Waals surface area (Å²) < 4.78 is 5.07. The second kappa shape index (κ2) is 3.77. The number of rotatable bonds is 3. The van der Waals surface area contributed by atoms with Crippen LogP contribution >= 0.6 is 0 Å². The first-order valence-corrected chi connectivity index (χ1v) is 4.15. The first kappa shape index (κ1) is 10.0. The molecule has 1 aromatic rings. The van der Waals surface area contributed by atoms with Gasteiger partial charge in [0.1, 0.15) is 5.72 Å². The van der Waals surface area contributed by atoms with Gasteiger partial charge in [-0.25, -0.2) is 0 Å². The van der Waals surface area contributed by atoms with E-state index in [1.54, 1.807) is 26.0 Å². The fraction of sp³-hybridized carbons (Fsp3) is 0.400. The van der Waals surface area contributed by atoms with E-state index in [0.717, 1.165) is 5.06 Å². The maximum Gasteiger partial charge on any atom is 0.125 e. The summed E-state index contributed by atoms with van der Waals surface area (Å²) in [6, 6.07) is 9.04. The van der Waals surface area contributed by atoms with Gasteiger partial charge in [-0.1, -0.05) is 18.2 Å². The van der Waals surface area contributed by atoms with Crippen molar-refractivity contribution in [3.63, 3.8) is 0 Å². The number of nitrogens with zero attached hydrogens (tertiary/aromatic N) is 1. The topological polar surface area (TPSA) is 35.5 Å². The third kappa shape index (κ3) is 2.20. The Kier molecular flexibility index (Phi) is 2.90. The van der Waals surface area contributed by atoms with Crippen LogP contribution in [-0.2, 0) is 4.74 Å². The molecule has 0 aliphatic rings. The third-order valence-corrected chi connectivity index (χ3v) is 1.98. The number of hydrogen-bond donors (Lipinski definition) is 0. The molecule has 3 heteroatoms. The Morgan fingerprint density at radius 1 is 1.23 bits per heavy atom. The molecule has 0 saturated heterocycles. The monoisotopic (exact) mass is 180 g/mol. The average Bonchev–Trinajstić information content (AvgIpc) is 2.18. The number of methoxy groups -OCH3 is 1. The lowest BCUT2D eigenvalue weighted by molar-refractivity contribution is 0.0276. The number of anilines is 1. The molecule has 0 amide bonds. The summed E-state index contributed by atoms with van der Waals surface area (Å²) in [4.78, 5) is 0. The van der Waals surface area contributed by atoms with Gasteiger partial charge in [0.2, 0.25) is 0 Å². The van der Waals surface area contributed by atoms with Crippen LogP contribution in [0.1, 0.15) is 13.8 Å². The number of para-hydroxylation sites is 1. The minimum absolute atomic E-state index is 0.606. The Balaban J connectivity index is 2.85. The zero-order valence-electron chi connectivity index (χ0n) is 8.15. The van der Waals surface area contributed by atoms with Crippen molar-refractivity contribution in [3.8, 4) is 0 Å². The van der Waals surface area contributed by atoms with Crippen LogP contribution < -0.4 is 5.06 Å². The van der Waals surface area contributed by atoms with Gasteiger partial charge in [0, 0.05) is 12.8 Å². The highest BCUT2D eigenvalue weighted by molar-refractivity contribution is 5.48. The molecule has 0 radical (unpaired) electrons. The van der Waals surface area contributed by atoms with Crippen LogP contribution in [0.2, 0.25) is 0 Å². The molecule has 1 aromatic carbocycles. The van der Waals surface area contributed by atoms with Crippen molar-refractivity contribution in [2.45, 2.75) is 19.6 Å². The van der Waals surface area contributed by atoms with Gasteiger partial charge in [0.25, 0.3) is 0 Å². The number of hydrogen-bond acceptors (Lipinski definition) is 3. The Bertz CT molecular complexity index is 259. The maximum atomic E-state index is 11.7. The highest BCUT2D eigenvalue weighted by Gasteiger charge is 2.18. The molecule has 72 valence electrons. The van der Waals surface area contributed by atoms with Crippen LogP contribution in [0.3, 0.4) is 0 Å². The molecule has 0 aliphatic heterocycles. The molecule has 0 N–H and O–H groups in total. The SMILES string of the molecule is COC(C)(C)N([O-])c1ccccc1. The fourth-order valence-electron chi connectivity index (χ4n) is 0.957. The lowest BCUT2D eigenvalue weighted by atomic mass is 10.2. The van der Waals surface area contributed by atoms with Gasteiger partial charge in [-0.3, -0.25) is 0 Å². The van der Waals surface area contributed by atoms with Gasteiger partial charge >= 0.3 is 0 Å². The summed E-state index contributed by atoms with van der Waals surface area (Å²) in [6.07, 6.45) is 0. The lowest BCUT2D eigenvalue weighted by Gasteiger charge is -2.44. The maximum absolute atomic E-state index is 11.7. The minimum atomic E-state index is -0.818. The van der Waals surface area contributed by atoms with Crippen LogP contribution in [0.5, 0.6) is 0 Å². The van der Waals surface area contributed by atoms with Crippen molar-refractivity contribution in [1.29, 1.82) is 0 Å². The number of benzene rings is 1. The highest BCUT2D eigenvalue weighted by Crippen LogP contribution is 2.22. The Morgan fingerprint density at radius 2 is 1.77 bits per heavy atom. The summed E-state index contributed by atoms with van der Waals surface area (Å²) in [5, 5.41) is 12.5.